The number of hydrogen-bond acceptors (Lipinski definition) is 6. The minimum atomic E-state index is -0.474. The van der Waals surface area contributed by atoms with Gasteiger partial charge in [0.2, 0.25) is 0 Å². The molecule has 0 aliphatic rings. The molecule has 0 saturated carbocycles. The van der Waals surface area contributed by atoms with E-state index in [4.69, 9.17) is 0 Å². The lowest BCUT2D eigenvalue weighted by Crippen LogP contribution is -1.96. The first-order chi connectivity index (χ1) is 12.7. The molecular formula is C19H16FN5S. The molecule has 130 valence electrons. The molecule has 0 radical (unpaired) electrons. The van der Waals surface area contributed by atoms with E-state index in [1.807, 2.05) is 36.4 Å². The van der Waals surface area contributed by atoms with Crippen molar-refractivity contribution in [2.75, 3.05) is 10.6 Å². The summed E-state index contributed by atoms with van der Waals surface area (Å²) in [4.78, 5) is 14.0. The number of alkyl halides is 1. The lowest BCUT2D eigenvalue weighted by Gasteiger charge is -2.06. The second kappa shape index (κ2) is 7.05. The number of anilines is 4. The number of hydrogen-bond donors (Lipinski definition) is 2. The largest absolute Gasteiger partial charge is 0.338 e. The third-order valence-electron chi connectivity index (χ3n) is 3.87. The maximum absolute atomic E-state index is 12.6. The van der Waals surface area contributed by atoms with Gasteiger partial charge in [-0.25, -0.2) is 19.3 Å². The molecule has 0 fully saturated rings. The molecule has 5 nitrogen and oxygen atoms in total. The number of fused-ring (bicyclic) bond motifs is 1. The fourth-order valence-electron chi connectivity index (χ4n) is 2.47. The van der Waals surface area contributed by atoms with Gasteiger partial charge in [0.1, 0.15) is 18.5 Å². The Hall–Kier alpha value is -3.06. The molecule has 4 aromatic rings. The van der Waals surface area contributed by atoms with Crippen LogP contribution in [0.3, 0.4) is 0 Å². The van der Waals surface area contributed by atoms with Crippen molar-refractivity contribution in [3.63, 3.8) is 0 Å². The zero-order chi connectivity index (χ0) is 17.9. The molecule has 4 rings (SSSR count). The van der Waals surface area contributed by atoms with Crippen molar-refractivity contribution in [1.82, 2.24) is 15.0 Å². The molecular weight excluding hydrogens is 349 g/mol. The van der Waals surface area contributed by atoms with Gasteiger partial charge in [-0.3, -0.25) is 0 Å². The van der Waals surface area contributed by atoms with Gasteiger partial charge >= 0.3 is 0 Å². The van der Waals surface area contributed by atoms with Gasteiger partial charge in [0.25, 0.3) is 0 Å². The molecule has 0 unspecified atom stereocenters. The zero-order valence-corrected chi connectivity index (χ0v) is 14.8. The second-order valence-corrected chi connectivity index (χ2v) is 6.82. The Morgan fingerprint density at radius 3 is 2.35 bits per heavy atom. The fraction of sp³-hybridized carbons (Fsp3) is 0.105. The van der Waals surface area contributed by atoms with Crippen LogP contribution in [0.25, 0.3) is 10.3 Å². The average molecular weight is 365 g/mol. The van der Waals surface area contributed by atoms with Crippen LogP contribution in [0.2, 0.25) is 0 Å². The monoisotopic (exact) mass is 365 g/mol. The quantitative estimate of drug-likeness (QED) is 0.499. The van der Waals surface area contributed by atoms with Crippen LogP contribution in [-0.2, 0) is 6.67 Å². The molecule has 7 heteroatoms. The Morgan fingerprint density at radius 2 is 1.62 bits per heavy atom. The summed E-state index contributed by atoms with van der Waals surface area (Å²) in [5.41, 5.74) is 4.33. The molecule has 0 atom stereocenters. The highest BCUT2D eigenvalue weighted by Crippen LogP contribution is 2.31. The smallest absolute Gasteiger partial charge is 0.189 e. The van der Waals surface area contributed by atoms with Crippen LogP contribution in [0, 0.1) is 6.92 Å². The van der Waals surface area contributed by atoms with Crippen LogP contribution in [0.5, 0.6) is 0 Å². The molecule has 0 spiro atoms. The summed E-state index contributed by atoms with van der Waals surface area (Å²) in [5, 5.41) is 7.27. The Bertz CT molecular complexity index is 1030. The summed E-state index contributed by atoms with van der Waals surface area (Å²) in [6.07, 6.45) is 1.51. The molecule has 0 bridgehead atoms. The maximum atomic E-state index is 12.6. The number of rotatable bonds is 5. The number of benzene rings is 2. The highest BCUT2D eigenvalue weighted by molar-refractivity contribution is 7.21. The number of aromatic nitrogens is 3. The van der Waals surface area contributed by atoms with Gasteiger partial charge in [-0.2, -0.15) is 0 Å². The third-order valence-corrected chi connectivity index (χ3v) is 4.75. The van der Waals surface area contributed by atoms with E-state index in [0.29, 0.717) is 16.9 Å². The van der Waals surface area contributed by atoms with Gasteiger partial charge in [-0.05, 0) is 36.8 Å². The van der Waals surface area contributed by atoms with Gasteiger partial charge in [0.15, 0.2) is 15.8 Å². The second-order valence-electron chi connectivity index (χ2n) is 5.84. The average Bonchev–Trinajstić information content (AvgIpc) is 3.08. The summed E-state index contributed by atoms with van der Waals surface area (Å²) in [7, 11) is 0. The first kappa shape index (κ1) is 16.4. The lowest BCUT2D eigenvalue weighted by atomic mass is 10.2. The zero-order valence-electron chi connectivity index (χ0n) is 14.0. The Kier molecular flexibility index (Phi) is 4.45. The fourth-order valence-corrected chi connectivity index (χ4v) is 3.30. The first-order valence-electron chi connectivity index (χ1n) is 8.08. The molecule has 2 aromatic carbocycles. The van der Waals surface area contributed by atoms with Crippen LogP contribution in [0.4, 0.5) is 26.7 Å². The number of halogens is 1. The van der Waals surface area contributed by atoms with E-state index in [1.165, 1.54) is 23.2 Å². The molecule has 2 heterocycles. The minimum absolute atomic E-state index is 0.474. The summed E-state index contributed by atoms with van der Waals surface area (Å²) < 4.78 is 12.6. The van der Waals surface area contributed by atoms with Crippen LogP contribution in [0.1, 0.15) is 11.1 Å². The van der Waals surface area contributed by atoms with Crippen LogP contribution >= 0.6 is 11.3 Å². The van der Waals surface area contributed by atoms with Gasteiger partial charge in [-0.1, -0.05) is 41.2 Å². The van der Waals surface area contributed by atoms with Gasteiger partial charge in [-0.15, -0.1) is 0 Å². The number of aryl methyl sites for hydroxylation is 1. The SMILES string of the molecule is Cc1ccc(Nc2nc3c(Nc4ccc(CF)cc4)ncnc3s2)cc1. The predicted molar refractivity (Wildman–Crippen MR) is 104 cm³/mol. The maximum Gasteiger partial charge on any atom is 0.189 e. The number of nitrogens with one attached hydrogen (secondary N) is 2. The highest BCUT2D eigenvalue weighted by atomic mass is 32.1. The molecule has 2 aromatic heterocycles. The topological polar surface area (TPSA) is 62.7 Å². The summed E-state index contributed by atoms with van der Waals surface area (Å²) >= 11 is 1.46. The highest BCUT2D eigenvalue weighted by Gasteiger charge is 2.11. The van der Waals surface area contributed by atoms with Crippen molar-refractivity contribution in [3.8, 4) is 0 Å². The van der Waals surface area contributed by atoms with E-state index >= 15 is 0 Å². The van der Waals surface area contributed by atoms with Gasteiger partial charge < -0.3 is 10.6 Å². The van der Waals surface area contributed by atoms with E-state index in [2.05, 4.69) is 32.5 Å². The van der Waals surface area contributed by atoms with E-state index in [-0.39, 0.29) is 0 Å². The lowest BCUT2D eigenvalue weighted by molar-refractivity contribution is 0.485. The van der Waals surface area contributed by atoms with Crippen LogP contribution < -0.4 is 10.6 Å². The number of nitrogens with zero attached hydrogens (tertiary/aromatic N) is 3. The van der Waals surface area contributed by atoms with E-state index in [9.17, 15) is 4.39 Å². The van der Waals surface area contributed by atoms with Crippen molar-refractivity contribution in [1.29, 1.82) is 0 Å². The van der Waals surface area contributed by atoms with E-state index in [1.54, 1.807) is 12.1 Å². The Morgan fingerprint density at radius 1 is 0.923 bits per heavy atom. The van der Waals surface area contributed by atoms with Crippen molar-refractivity contribution < 1.29 is 4.39 Å². The molecule has 26 heavy (non-hydrogen) atoms. The van der Waals surface area contributed by atoms with Crippen LogP contribution in [-0.4, -0.2) is 15.0 Å². The molecule has 0 saturated heterocycles. The molecule has 0 aliphatic heterocycles. The summed E-state index contributed by atoms with van der Waals surface area (Å²) in [5.74, 6) is 0.621. The Labute approximate surface area is 154 Å². The van der Waals surface area contributed by atoms with Gasteiger partial charge in [0, 0.05) is 11.4 Å². The van der Waals surface area contributed by atoms with Crippen molar-refractivity contribution >= 4 is 44.0 Å². The summed E-state index contributed by atoms with van der Waals surface area (Å²) in [6, 6.07) is 15.2. The summed E-state index contributed by atoms with van der Waals surface area (Å²) in [6.45, 7) is 1.58. The molecule has 2 N–H and O–H groups in total. The standard InChI is InChI=1S/C19H16FN5S/c1-12-2-6-15(7-3-12)24-19-25-16-17(21-11-22-18(16)26-19)23-14-8-4-13(10-20)5-9-14/h2-9,11H,10H2,1H3,(H,24,25)(H,21,22,23). The van der Waals surface area contributed by atoms with Crippen molar-refractivity contribution in [2.45, 2.75) is 13.6 Å². The van der Waals surface area contributed by atoms with Crippen molar-refractivity contribution in [3.05, 3.63) is 66.0 Å². The Balaban J connectivity index is 1.61. The predicted octanol–water partition coefficient (Wildman–Crippen LogP) is 5.35. The molecule has 0 aliphatic carbocycles. The first-order valence-corrected chi connectivity index (χ1v) is 8.90. The normalized spacial score (nSPS) is 10.8. The van der Waals surface area contributed by atoms with E-state index in [0.717, 1.165) is 21.3 Å². The van der Waals surface area contributed by atoms with E-state index < -0.39 is 6.67 Å². The third kappa shape index (κ3) is 3.48. The van der Waals surface area contributed by atoms with Crippen molar-refractivity contribution in [2.24, 2.45) is 0 Å². The molecule has 0 amide bonds. The van der Waals surface area contributed by atoms with Gasteiger partial charge in [0.05, 0.1) is 0 Å². The minimum Gasteiger partial charge on any atom is -0.338 e. The number of thiazole rings is 1. The van der Waals surface area contributed by atoms with Crippen LogP contribution in [0.15, 0.2) is 54.9 Å².